The first-order valence-corrected chi connectivity index (χ1v) is 5.34. The van der Waals surface area contributed by atoms with Crippen LogP contribution < -0.4 is 0 Å². The fourth-order valence-electron chi connectivity index (χ4n) is 1.20. The van der Waals surface area contributed by atoms with Crippen molar-refractivity contribution in [1.29, 1.82) is 0 Å². The number of hydrogen-bond acceptors (Lipinski definition) is 3. The minimum Gasteiger partial charge on any atom is -0.460 e. The van der Waals surface area contributed by atoms with Crippen molar-refractivity contribution < 1.29 is 14.6 Å². The molecule has 0 aliphatic heterocycles. The lowest BCUT2D eigenvalue weighted by molar-refractivity contribution is -0.154. The van der Waals surface area contributed by atoms with E-state index in [1.165, 1.54) is 0 Å². The molecule has 0 unspecified atom stereocenters. The van der Waals surface area contributed by atoms with E-state index in [0.29, 0.717) is 18.8 Å². The fraction of sp³-hybridized carbons (Fsp3) is 0.909. The van der Waals surface area contributed by atoms with Crippen LogP contribution in [0.4, 0.5) is 0 Å². The van der Waals surface area contributed by atoms with Gasteiger partial charge in [0, 0.05) is 6.42 Å². The molecule has 0 fully saturated rings. The van der Waals surface area contributed by atoms with Gasteiger partial charge in [-0.3, -0.25) is 4.79 Å². The highest BCUT2D eigenvalue weighted by Crippen LogP contribution is 2.09. The Kier molecular flexibility index (Phi) is 6.54. The predicted octanol–water partition coefficient (Wildman–Crippen LogP) is 2.13. The molecular formula is C11H22O3. The van der Waals surface area contributed by atoms with E-state index in [4.69, 9.17) is 4.74 Å². The Hall–Kier alpha value is -0.570. The van der Waals surface area contributed by atoms with Crippen LogP contribution in [-0.2, 0) is 9.53 Å². The summed E-state index contributed by atoms with van der Waals surface area (Å²) in [6.45, 7) is 7.66. The van der Waals surface area contributed by atoms with E-state index in [-0.39, 0.29) is 12.1 Å². The van der Waals surface area contributed by atoms with Crippen LogP contribution in [-0.4, -0.2) is 23.3 Å². The molecular weight excluding hydrogens is 180 g/mol. The van der Waals surface area contributed by atoms with Gasteiger partial charge >= 0.3 is 5.97 Å². The van der Waals surface area contributed by atoms with E-state index in [9.17, 15) is 9.90 Å². The summed E-state index contributed by atoms with van der Waals surface area (Å²) in [5, 5.41) is 9.52. The number of hydrogen-bond donors (Lipinski definition) is 1. The lowest BCUT2D eigenvalue weighted by atomic mass is 10.1. The molecule has 14 heavy (non-hydrogen) atoms. The second kappa shape index (κ2) is 6.82. The van der Waals surface area contributed by atoms with Gasteiger partial charge in [-0.25, -0.2) is 0 Å². The van der Waals surface area contributed by atoms with Gasteiger partial charge in [-0.15, -0.1) is 0 Å². The minimum absolute atomic E-state index is 0.220. The van der Waals surface area contributed by atoms with Gasteiger partial charge in [0.15, 0.2) is 0 Å². The zero-order valence-electron chi connectivity index (χ0n) is 9.62. The topological polar surface area (TPSA) is 46.5 Å². The lowest BCUT2D eigenvalue weighted by Crippen LogP contribution is -2.28. The van der Waals surface area contributed by atoms with Crippen molar-refractivity contribution in [3.8, 4) is 0 Å². The average Bonchev–Trinajstić information content (AvgIpc) is 2.02. The lowest BCUT2D eigenvalue weighted by Gasteiger charge is -2.19. The van der Waals surface area contributed by atoms with Crippen LogP contribution in [0.2, 0.25) is 0 Å². The summed E-state index contributed by atoms with van der Waals surface area (Å²) >= 11 is 0. The van der Waals surface area contributed by atoms with Crippen LogP contribution in [0.3, 0.4) is 0 Å². The first kappa shape index (κ1) is 13.4. The molecule has 0 heterocycles. The number of carbonyl (C=O) groups is 1. The maximum Gasteiger partial charge on any atom is 0.306 e. The molecule has 0 saturated heterocycles. The Balaban J connectivity index is 3.80. The number of ether oxygens (including phenoxy) is 1. The largest absolute Gasteiger partial charge is 0.460 e. The number of aliphatic hydroxyl groups is 1. The smallest absolute Gasteiger partial charge is 0.306 e. The Morgan fingerprint density at radius 2 is 1.93 bits per heavy atom. The summed E-state index contributed by atoms with van der Waals surface area (Å²) in [7, 11) is 0. The average molecular weight is 202 g/mol. The second-order valence-electron chi connectivity index (χ2n) is 4.15. The van der Waals surface area contributed by atoms with Gasteiger partial charge in [0.2, 0.25) is 0 Å². The summed E-state index contributed by atoms with van der Waals surface area (Å²) in [6.07, 6.45) is 1.07. The Morgan fingerprint density at radius 3 is 2.36 bits per heavy atom. The first-order valence-electron chi connectivity index (χ1n) is 5.34. The van der Waals surface area contributed by atoms with Crippen LogP contribution in [0.25, 0.3) is 0 Å². The zero-order chi connectivity index (χ0) is 11.1. The Bertz CT molecular complexity index is 166. The van der Waals surface area contributed by atoms with E-state index in [1.54, 1.807) is 6.92 Å². The summed E-state index contributed by atoms with van der Waals surface area (Å²) in [5.74, 6) is 0.0840. The van der Waals surface area contributed by atoms with E-state index < -0.39 is 6.10 Å². The standard InChI is InChI=1S/C11H22O3/c1-5-6-10(12)9(4)14-11(13)7-8(2)3/h8-10,12H,5-7H2,1-4H3/t9-,10+/m1/s1. The van der Waals surface area contributed by atoms with Gasteiger partial charge in [0.1, 0.15) is 6.10 Å². The van der Waals surface area contributed by atoms with E-state index in [2.05, 4.69) is 0 Å². The van der Waals surface area contributed by atoms with Crippen LogP contribution in [0.15, 0.2) is 0 Å². The highest BCUT2D eigenvalue weighted by atomic mass is 16.6. The molecule has 84 valence electrons. The second-order valence-corrected chi connectivity index (χ2v) is 4.15. The van der Waals surface area contributed by atoms with Crippen molar-refractivity contribution in [2.75, 3.05) is 0 Å². The Morgan fingerprint density at radius 1 is 1.36 bits per heavy atom. The fourth-order valence-corrected chi connectivity index (χ4v) is 1.20. The molecule has 0 aromatic rings. The third-order valence-electron chi connectivity index (χ3n) is 2.02. The number of aliphatic hydroxyl groups excluding tert-OH is 1. The summed E-state index contributed by atoms with van der Waals surface area (Å²) in [4.78, 5) is 11.2. The zero-order valence-corrected chi connectivity index (χ0v) is 9.62. The van der Waals surface area contributed by atoms with Crippen molar-refractivity contribution in [1.82, 2.24) is 0 Å². The van der Waals surface area contributed by atoms with E-state index >= 15 is 0 Å². The third-order valence-corrected chi connectivity index (χ3v) is 2.02. The molecule has 0 aliphatic carbocycles. The minimum atomic E-state index is -0.531. The van der Waals surface area contributed by atoms with E-state index in [0.717, 1.165) is 6.42 Å². The number of carbonyl (C=O) groups excluding carboxylic acids is 1. The molecule has 0 saturated carbocycles. The molecule has 3 heteroatoms. The van der Waals surface area contributed by atoms with Gasteiger partial charge in [-0.05, 0) is 19.3 Å². The normalized spacial score (nSPS) is 15.3. The molecule has 3 nitrogen and oxygen atoms in total. The highest BCUT2D eigenvalue weighted by Gasteiger charge is 2.17. The number of esters is 1. The van der Waals surface area contributed by atoms with E-state index in [1.807, 2.05) is 20.8 Å². The molecule has 0 aromatic carbocycles. The molecule has 0 radical (unpaired) electrons. The molecule has 0 aliphatic rings. The SMILES string of the molecule is CCC[C@H](O)[C@@H](C)OC(=O)CC(C)C. The highest BCUT2D eigenvalue weighted by molar-refractivity contribution is 5.69. The molecule has 0 amide bonds. The summed E-state index contributed by atoms with van der Waals surface area (Å²) in [5.41, 5.74) is 0. The van der Waals surface area contributed by atoms with Gasteiger partial charge < -0.3 is 9.84 Å². The van der Waals surface area contributed by atoms with Crippen LogP contribution in [0, 0.1) is 5.92 Å². The molecule has 1 N–H and O–H groups in total. The summed E-state index contributed by atoms with van der Waals surface area (Å²) < 4.78 is 5.09. The first-order chi connectivity index (χ1) is 6.47. The van der Waals surface area contributed by atoms with Crippen molar-refractivity contribution in [3.63, 3.8) is 0 Å². The van der Waals surface area contributed by atoms with Crippen molar-refractivity contribution in [2.24, 2.45) is 5.92 Å². The van der Waals surface area contributed by atoms with Crippen LogP contribution in [0.5, 0.6) is 0 Å². The van der Waals surface area contributed by atoms with Gasteiger partial charge in [-0.1, -0.05) is 27.2 Å². The summed E-state index contributed by atoms with van der Waals surface area (Å²) in [6, 6.07) is 0. The maximum atomic E-state index is 11.2. The molecule has 0 aromatic heterocycles. The maximum absolute atomic E-state index is 11.2. The van der Waals surface area contributed by atoms with Gasteiger partial charge in [0.05, 0.1) is 6.10 Å². The van der Waals surface area contributed by atoms with Gasteiger partial charge in [0.25, 0.3) is 0 Å². The molecule has 0 spiro atoms. The molecule has 0 rings (SSSR count). The molecule has 0 bridgehead atoms. The van der Waals surface area contributed by atoms with Crippen LogP contribution in [0.1, 0.15) is 47.0 Å². The third kappa shape index (κ3) is 5.97. The number of rotatable bonds is 6. The monoisotopic (exact) mass is 202 g/mol. The van der Waals surface area contributed by atoms with Crippen molar-refractivity contribution >= 4 is 5.97 Å². The Labute approximate surface area is 86.5 Å². The van der Waals surface area contributed by atoms with Gasteiger partial charge in [-0.2, -0.15) is 0 Å². The quantitative estimate of drug-likeness (QED) is 0.671. The molecule has 2 atom stereocenters. The van der Waals surface area contributed by atoms with Crippen molar-refractivity contribution in [2.45, 2.75) is 59.2 Å². The van der Waals surface area contributed by atoms with Crippen LogP contribution >= 0.6 is 0 Å². The van der Waals surface area contributed by atoms with Crippen molar-refractivity contribution in [3.05, 3.63) is 0 Å². The predicted molar refractivity (Wildman–Crippen MR) is 55.9 cm³/mol.